The minimum atomic E-state index is -0.411. The van der Waals surface area contributed by atoms with Gasteiger partial charge in [-0.1, -0.05) is 0 Å². The maximum absolute atomic E-state index is 11.9. The molecule has 1 aromatic rings. The molecule has 1 aliphatic heterocycles. The van der Waals surface area contributed by atoms with Crippen molar-refractivity contribution in [1.29, 1.82) is 0 Å². The van der Waals surface area contributed by atoms with E-state index in [0.717, 1.165) is 10.5 Å². The second kappa shape index (κ2) is 5.49. The van der Waals surface area contributed by atoms with Crippen LogP contribution in [-0.2, 0) is 4.79 Å². The standard InChI is InChI=1S/C12H10BrIN2O3/c1-2-16-11(18)9(15-12(16)19)5-6-3-7(13)10(17)8(14)4-6/h3-5,17H,2H2,1H3,(H,15,19). The van der Waals surface area contributed by atoms with Crippen molar-refractivity contribution in [1.82, 2.24) is 10.2 Å². The van der Waals surface area contributed by atoms with E-state index in [1.54, 1.807) is 25.1 Å². The number of halogens is 2. The molecule has 0 bridgehead atoms. The summed E-state index contributed by atoms with van der Waals surface area (Å²) < 4.78 is 1.19. The van der Waals surface area contributed by atoms with Crippen molar-refractivity contribution in [2.45, 2.75) is 6.92 Å². The number of urea groups is 1. The van der Waals surface area contributed by atoms with Gasteiger partial charge in [-0.25, -0.2) is 4.79 Å². The molecule has 1 heterocycles. The number of phenols is 1. The number of likely N-dealkylation sites (N-methyl/N-ethyl adjacent to an activating group) is 1. The molecule has 1 saturated heterocycles. The molecule has 2 rings (SSSR count). The number of carbonyl (C=O) groups is 2. The van der Waals surface area contributed by atoms with Crippen LogP contribution in [0.15, 0.2) is 22.3 Å². The molecule has 3 amide bonds. The summed E-state index contributed by atoms with van der Waals surface area (Å²) >= 11 is 5.22. The van der Waals surface area contributed by atoms with Gasteiger partial charge in [0.2, 0.25) is 0 Å². The second-order valence-electron chi connectivity index (χ2n) is 3.87. The van der Waals surface area contributed by atoms with Gasteiger partial charge in [0, 0.05) is 6.54 Å². The monoisotopic (exact) mass is 436 g/mol. The van der Waals surface area contributed by atoms with Crippen LogP contribution in [0.2, 0.25) is 0 Å². The van der Waals surface area contributed by atoms with Gasteiger partial charge < -0.3 is 10.4 Å². The van der Waals surface area contributed by atoms with Crippen LogP contribution in [0.5, 0.6) is 5.75 Å². The Hall–Kier alpha value is -1.09. The van der Waals surface area contributed by atoms with E-state index >= 15 is 0 Å². The molecule has 0 atom stereocenters. The topological polar surface area (TPSA) is 69.6 Å². The van der Waals surface area contributed by atoms with E-state index in [1.807, 2.05) is 22.6 Å². The summed E-state index contributed by atoms with van der Waals surface area (Å²) in [7, 11) is 0. The fraction of sp³-hybridized carbons (Fsp3) is 0.167. The number of rotatable bonds is 2. The lowest BCUT2D eigenvalue weighted by molar-refractivity contribution is -0.122. The summed E-state index contributed by atoms with van der Waals surface area (Å²) in [5, 5.41) is 12.2. The number of hydrogen-bond acceptors (Lipinski definition) is 3. The molecule has 2 N–H and O–H groups in total. The van der Waals surface area contributed by atoms with Gasteiger partial charge in [-0.15, -0.1) is 0 Å². The van der Waals surface area contributed by atoms with Gasteiger partial charge in [0.15, 0.2) is 0 Å². The third-order valence-corrected chi connectivity index (χ3v) is 4.06. The lowest BCUT2D eigenvalue weighted by Gasteiger charge is -2.06. The third-order valence-electron chi connectivity index (χ3n) is 2.63. The van der Waals surface area contributed by atoms with Crippen LogP contribution in [-0.4, -0.2) is 28.5 Å². The highest BCUT2D eigenvalue weighted by atomic mass is 127. The maximum Gasteiger partial charge on any atom is 0.328 e. The Bertz CT molecular complexity index is 578. The lowest BCUT2D eigenvalue weighted by atomic mass is 10.2. The van der Waals surface area contributed by atoms with Gasteiger partial charge in [-0.2, -0.15) is 0 Å². The maximum atomic E-state index is 11.9. The Morgan fingerprint density at radius 3 is 2.68 bits per heavy atom. The van der Waals surface area contributed by atoms with Gasteiger partial charge in [-0.05, 0) is 69.2 Å². The fourth-order valence-electron chi connectivity index (χ4n) is 1.69. The molecule has 7 heteroatoms. The predicted molar refractivity (Wildman–Crippen MR) is 82.4 cm³/mol. The second-order valence-corrected chi connectivity index (χ2v) is 5.89. The van der Waals surface area contributed by atoms with E-state index in [0.29, 0.717) is 14.6 Å². The van der Waals surface area contributed by atoms with Crippen molar-refractivity contribution in [3.8, 4) is 5.75 Å². The zero-order valence-corrected chi connectivity index (χ0v) is 13.6. The largest absolute Gasteiger partial charge is 0.506 e. The van der Waals surface area contributed by atoms with Crippen LogP contribution in [0.1, 0.15) is 12.5 Å². The van der Waals surface area contributed by atoms with E-state index in [4.69, 9.17) is 0 Å². The number of carbonyl (C=O) groups excluding carboxylic acids is 2. The molecule has 0 unspecified atom stereocenters. The third kappa shape index (κ3) is 2.76. The van der Waals surface area contributed by atoms with Crippen molar-refractivity contribution in [3.63, 3.8) is 0 Å². The minimum Gasteiger partial charge on any atom is -0.506 e. The van der Waals surface area contributed by atoms with Crippen LogP contribution in [0.25, 0.3) is 6.08 Å². The van der Waals surface area contributed by atoms with E-state index in [9.17, 15) is 14.7 Å². The van der Waals surface area contributed by atoms with E-state index < -0.39 is 6.03 Å². The first-order valence-electron chi connectivity index (χ1n) is 5.46. The first-order valence-corrected chi connectivity index (χ1v) is 7.33. The molecular formula is C12H10BrIN2O3. The van der Waals surface area contributed by atoms with Crippen LogP contribution >= 0.6 is 38.5 Å². The summed E-state index contributed by atoms with van der Waals surface area (Å²) in [5.74, 6) is -0.188. The van der Waals surface area contributed by atoms with Crippen molar-refractivity contribution >= 4 is 56.5 Å². The number of nitrogens with zero attached hydrogens (tertiary/aromatic N) is 1. The average molecular weight is 437 g/mol. The molecule has 1 aromatic carbocycles. The first kappa shape index (κ1) is 14.3. The Morgan fingerprint density at radius 1 is 1.47 bits per heavy atom. The predicted octanol–water partition coefficient (Wildman–Crippen LogP) is 2.67. The molecule has 0 spiro atoms. The number of phenolic OH excluding ortho intramolecular Hbond substituents is 1. The molecule has 1 aliphatic rings. The van der Waals surface area contributed by atoms with E-state index in [1.165, 1.54) is 0 Å². The van der Waals surface area contributed by atoms with Gasteiger partial charge >= 0.3 is 6.03 Å². The number of benzene rings is 1. The highest BCUT2D eigenvalue weighted by molar-refractivity contribution is 14.1. The molecule has 1 fully saturated rings. The number of nitrogens with one attached hydrogen (secondary N) is 1. The van der Waals surface area contributed by atoms with Crippen LogP contribution in [0.3, 0.4) is 0 Å². The first-order chi connectivity index (χ1) is 8.93. The minimum absolute atomic E-state index is 0.153. The summed E-state index contributed by atoms with van der Waals surface area (Å²) in [6.45, 7) is 2.07. The molecule has 0 aliphatic carbocycles. The molecule has 0 saturated carbocycles. The molecule has 0 aromatic heterocycles. The number of amides is 3. The summed E-state index contributed by atoms with van der Waals surface area (Å²) in [4.78, 5) is 24.5. The highest BCUT2D eigenvalue weighted by Crippen LogP contribution is 2.31. The fourth-order valence-corrected chi connectivity index (χ4v) is 3.19. The van der Waals surface area contributed by atoms with Crippen molar-refractivity contribution < 1.29 is 14.7 Å². The van der Waals surface area contributed by atoms with Crippen LogP contribution in [0.4, 0.5) is 4.79 Å². The summed E-state index contributed by atoms with van der Waals surface area (Å²) in [6.07, 6.45) is 1.59. The van der Waals surface area contributed by atoms with Crippen molar-refractivity contribution in [3.05, 3.63) is 31.4 Å². The SMILES string of the molecule is CCN1C(=O)NC(=Cc2cc(Br)c(O)c(I)c2)C1=O. The van der Waals surface area contributed by atoms with Crippen molar-refractivity contribution in [2.24, 2.45) is 0 Å². The highest BCUT2D eigenvalue weighted by Gasteiger charge is 2.31. The van der Waals surface area contributed by atoms with E-state index in [2.05, 4.69) is 21.2 Å². The zero-order chi connectivity index (χ0) is 14.2. The number of aromatic hydroxyl groups is 1. The molecule has 19 heavy (non-hydrogen) atoms. The molecule has 0 radical (unpaired) electrons. The Labute approximate surface area is 131 Å². The Kier molecular flexibility index (Phi) is 4.14. The summed E-state index contributed by atoms with van der Waals surface area (Å²) in [6, 6.07) is 2.99. The van der Waals surface area contributed by atoms with Gasteiger partial charge in [0.05, 0.1) is 8.04 Å². The number of imide groups is 1. The normalized spacial score (nSPS) is 17.2. The average Bonchev–Trinajstić information content (AvgIpc) is 2.61. The zero-order valence-electron chi connectivity index (χ0n) is 9.91. The Balaban J connectivity index is 2.38. The van der Waals surface area contributed by atoms with E-state index in [-0.39, 0.29) is 17.4 Å². The number of hydrogen-bond donors (Lipinski definition) is 2. The Morgan fingerprint density at radius 2 is 2.16 bits per heavy atom. The van der Waals surface area contributed by atoms with Gasteiger partial charge in [0.25, 0.3) is 5.91 Å². The summed E-state index contributed by atoms with van der Waals surface area (Å²) in [5.41, 5.74) is 0.955. The molecular weight excluding hydrogens is 427 g/mol. The van der Waals surface area contributed by atoms with Crippen LogP contribution in [0, 0.1) is 3.57 Å². The lowest BCUT2D eigenvalue weighted by Crippen LogP contribution is -2.30. The van der Waals surface area contributed by atoms with Gasteiger partial charge in [-0.3, -0.25) is 9.69 Å². The van der Waals surface area contributed by atoms with Gasteiger partial charge in [0.1, 0.15) is 11.4 Å². The molecule has 100 valence electrons. The smallest absolute Gasteiger partial charge is 0.328 e. The van der Waals surface area contributed by atoms with Crippen molar-refractivity contribution in [2.75, 3.05) is 6.54 Å². The van der Waals surface area contributed by atoms with Crippen LogP contribution < -0.4 is 5.32 Å². The quantitative estimate of drug-likeness (QED) is 0.425. The molecule has 5 nitrogen and oxygen atoms in total.